The Morgan fingerprint density at radius 1 is 0.548 bits per heavy atom. The van der Waals surface area contributed by atoms with E-state index in [0.717, 1.165) is 0 Å². The van der Waals surface area contributed by atoms with Crippen molar-refractivity contribution in [3.8, 4) is 0 Å². The fraction of sp³-hybridized carbons (Fsp3) is 0.200. The van der Waals surface area contributed by atoms with Crippen molar-refractivity contribution >= 4 is 23.1 Å². The molecule has 0 N–H and O–H groups in total. The van der Waals surface area contributed by atoms with Crippen LogP contribution in [0, 0.1) is 0 Å². The summed E-state index contributed by atoms with van der Waals surface area (Å²) in [5.41, 5.74) is 0.213. The minimum Gasteiger partial charge on any atom is -0.294 e. The van der Waals surface area contributed by atoms with E-state index in [-0.39, 0.29) is 28.2 Å². The topological polar surface area (TPSA) is 68.3 Å². The van der Waals surface area contributed by atoms with Crippen molar-refractivity contribution in [2.24, 2.45) is 0 Å². The Balaban J connectivity index is 0.000000562. The molecule has 0 saturated heterocycles. The van der Waals surface area contributed by atoms with Gasteiger partial charge in [0, 0.05) is 28.2 Å². The predicted octanol–water partition coefficient (Wildman–Crippen LogP) is 4.78. The van der Waals surface area contributed by atoms with Crippen molar-refractivity contribution in [3.63, 3.8) is 0 Å². The summed E-state index contributed by atoms with van der Waals surface area (Å²) in [7, 11) is 0. The molecule has 0 aliphatic rings. The monoisotopic (exact) mass is 487 g/mol. The second kappa shape index (κ2) is 12.2. The number of alkyl halides is 6. The van der Waals surface area contributed by atoms with Gasteiger partial charge < -0.3 is 0 Å². The van der Waals surface area contributed by atoms with Crippen LogP contribution in [-0.4, -0.2) is 35.5 Å². The molecule has 0 bridgehead atoms. The van der Waals surface area contributed by atoms with E-state index in [9.17, 15) is 45.5 Å². The number of carbonyl (C=O) groups is 4. The Kier molecular flexibility index (Phi) is 11.1. The molecule has 167 valence electrons. The van der Waals surface area contributed by atoms with Crippen LogP contribution in [0.2, 0.25) is 0 Å². The molecule has 11 heteroatoms. The van der Waals surface area contributed by atoms with Crippen molar-refractivity contribution in [2.45, 2.75) is 25.2 Å². The number of hydrogen-bond acceptors (Lipinski definition) is 4. The van der Waals surface area contributed by atoms with Crippen molar-refractivity contribution in [1.82, 2.24) is 0 Å². The van der Waals surface area contributed by atoms with Crippen LogP contribution in [0.5, 0.6) is 0 Å². The molecular weight excluding hydrogens is 473 g/mol. The molecular formula is C20H14F6MnO4. The van der Waals surface area contributed by atoms with Crippen molar-refractivity contribution in [2.75, 3.05) is 0 Å². The van der Waals surface area contributed by atoms with E-state index in [1.54, 1.807) is 12.1 Å². The number of hydrogen-bond donors (Lipinski definition) is 0. The predicted molar refractivity (Wildman–Crippen MR) is 92.9 cm³/mol. The van der Waals surface area contributed by atoms with Crippen LogP contribution >= 0.6 is 0 Å². The molecule has 0 heterocycles. The van der Waals surface area contributed by atoms with Crippen LogP contribution in [0.4, 0.5) is 26.3 Å². The first-order chi connectivity index (χ1) is 13.8. The first kappa shape index (κ1) is 28.2. The largest absolute Gasteiger partial charge is 0.450 e. The van der Waals surface area contributed by atoms with E-state index >= 15 is 0 Å². The molecule has 1 radical (unpaired) electrons. The molecule has 2 aromatic rings. The van der Waals surface area contributed by atoms with E-state index in [4.69, 9.17) is 0 Å². The number of carbonyl (C=O) groups excluding carboxylic acids is 4. The van der Waals surface area contributed by atoms with Gasteiger partial charge in [0.1, 0.15) is 0 Å². The zero-order valence-corrected chi connectivity index (χ0v) is 16.6. The minimum atomic E-state index is -4.94. The zero-order chi connectivity index (χ0) is 22.9. The van der Waals surface area contributed by atoms with Crippen LogP contribution in [0.25, 0.3) is 0 Å². The quantitative estimate of drug-likeness (QED) is 0.255. The molecule has 2 aromatic carbocycles. The van der Waals surface area contributed by atoms with Gasteiger partial charge in [-0.05, 0) is 0 Å². The molecule has 4 nitrogen and oxygen atoms in total. The fourth-order valence-corrected chi connectivity index (χ4v) is 1.94. The third-order valence-corrected chi connectivity index (χ3v) is 3.47. The van der Waals surface area contributed by atoms with Crippen molar-refractivity contribution in [3.05, 3.63) is 71.8 Å². The summed E-state index contributed by atoms with van der Waals surface area (Å²) in [4.78, 5) is 43.4. The Morgan fingerprint density at radius 2 is 0.806 bits per heavy atom. The Bertz CT molecular complexity index is 818. The second-order valence-corrected chi connectivity index (χ2v) is 5.77. The van der Waals surface area contributed by atoms with Gasteiger partial charge in [-0.2, -0.15) is 26.3 Å². The van der Waals surface area contributed by atoms with Gasteiger partial charge in [-0.1, -0.05) is 60.7 Å². The molecule has 0 spiro atoms. The van der Waals surface area contributed by atoms with Crippen LogP contribution < -0.4 is 0 Å². The SMILES string of the molecule is O=C(CC(=O)C(F)(F)F)c1ccccc1.O=C(CC(=O)C(F)(F)F)c1ccccc1.[Mn]. The van der Waals surface area contributed by atoms with Crippen LogP contribution in [0.15, 0.2) is 60.7 Å². The van der Waals surface area contributed by atoms with Crippen molar-refractivity contribution in [1.29, 1.82) is 0 Å². The molecule has 0 amide bonds. The summed E-state index contributed by atoms with van der Waals surface area (Å²) >= 11 is 0. The number of benzene rings is 2. The van der Waals surface area contributed by atoms with E-state index in [0.29, 0.717) is 0 Å². The first-order valence-corrected chi connectivity index (χ1v) is 8.19. The minimum absolute atomic E-state index is 0. The van der Waals surface area contributed by atoms with Crippen LogP contribution in [0.3, 0.4) is 0 Å². The summed E-state index contributed by atoms with van der Waals surface area (Å²) in [5, 5.41) is 0. The van der Waals surface area contributed by atoms with Gasteiger partial charge in [-0.3, -0.25) is 19.2 Å². The smallest absolute Gasteiger partial charge is 0.294 e. The number of halogens is 6. The van der Waals surface area contributed by atoms with Gasteiger partial charge in [0.25, 0.3) is 0 Å². The molecule has 0 aromatic heterocycles. The summed E-state index contributed by atoms with van der Waals surface area (Å²) in [5.74, 6) is -5.68. The summed E-state index contributed by atoms with van der Waals surface area (Å²) < 4.78 is 70.9. The van der Waals surface area contributed by atoms with Crippen LogP contribution in [-0.2, 0) is 26.7 Å². The summed E-state index contributed by atoms with van der Waals surface area (Å²) in [6, 6.07) is 14.8. The van der Waals surface area contributed by atoms with E-state index < -0.39 is 48.3 Å². The molecule has 0 aliphatic carbocycles. The molecule has 0 atom stereocenters. The average Bonchev–Trinajstić information content (AvgIpc) is 2.68. The van der Waals surface area contributed by atoms with E-state index in [2.05, 4.69) is 0 Å². The maximum absolute atomic E-state index is 11.8. The van der Waals surface area contributed by atoms with Crippen LogP contribution in [0.1, 0.15) is 33.6 Å². The normalized spacial score (nSPS) is 10.8. The number of rotatable bonds is 6. The Hall–Kier alpha value is -2.78. The Labute approximate surface area is 183 Å². The first-order valence-electron chi connectivity index (χ1n) is 8.19. The molecule has 0 aliphatic heterocycles. The van der Waals surface area contributed by atoms with Gasteiger partial charge >= 0.3 is 12.4 Å². The fourth-order valence-electron chi connectivity index (χ4n) is 1.94. The summed E-state index contributed by atoms with van der Waals surface area (Å²) in [6.45, 7) is 0. The zero-order valence-electron chi connectivity index (χ0n) is 15.5. The third-order valence-electron chi connectivity index (χ3n) is 3.47. The number of ketones is 4. The Morgan fingerprint density at radius 3 is 1.03 bits per heavy atom. The van der Waals surface area contributed by atoms with Gasteiger partial charge in [0.05, 0.1) is 12.8 Å². The van der Waals surface area contributed by atoms with Gasteiger partial charge in [0.15, 0.2) is 11.6 Å². The molecule has 2 rings (SSSR count). The van der Waals surface area contributed by atoms with Gasteiger partial charge in [-0.25, -0.2) is 0 Å². The van der Waals surface area contributed by atoms with Gasteiger partial charge in [0.2, 0.25) is 11.6 Å². The molecule has 0 saturated carbocycles. The van der Waals surface area contributed by atoms with Gasteiger partial charge in [-0.15, -0.1) is 0 Å². The van der Waals surface area contributed by atoms with Crippen molar-refractivity contribution < 1.29 is 62.6 Å². The molecule has 0 fully saturated rings. The average molecular weight is 487 g/mol. The standard InChI is InChI=1S/2C10H7F3O2.Mn/c2*11-10(12,13)9(15)6-8(14)7-4-2-1-3-5-7;/h2*1-5H,6H2;. The third kappa shape index (κ3) is 10.2. The van der Waals surface area contributed by atoms with E-state index in [1.165, 1.54) is 48.5 Å². The summed E-state index contributed by atoms with van der Waals surface area (Å²) in [6.07, 6.45) is -12.1. The maximum atomic E-state index is 11.8. The second-order valence-electron chi connectivity index (χ2n) is 5.77. The van der Waals surface area contributed by atoms with E-state index in [1.807, 2.05) is 0 Å². The molecule has 31 heavy (non-hydrogen) atoms. The molecule has 0 unspecified atom stereocenters. The number of Topliss-reactive ketones (excluding diaryl/α,β-unsaturated/α-hetero) is 4. The maximum Gasteiger partial charge on any atom is 0.450 e.